The fraction of sp³-hybridized carbons (Fsp3) is 0.889. The Morgan fingerprint density at radius 2 is 1.64 bits per heavy atom. The Balaban J connectivity index is 3.23. The highest BCUT2D eigenvalue weighted by Gasteiger charge is 2.00. The lowest BCUT2D eigenvalue weighted by atomic mass is 10.1. The fourth-order valence-corrected chi connectivity index (χ4v) is 1.54. The average Bonchev–Trinajstić information content (AvgIpc) is 2.10. The number of hydrogen-bond donors (Lipinski definition) is 2. The SMILES string of the molecule is CCCCCCCCC(=O)N[SH](=O)=O. The van der Waals surface area contributed by atoms with Gasteiger partial charge in [0.05, 0.1) is 0 Å². The van der Waals surface area contributed by atoms with Crippen LogP contribution in [0.4, 0.5) is 0 Å². The Kier molecular flexibility index (Phi) is 8.62. The highest BCUT2D eigenvalue weighted by atomic mass is 32.2. The third kappa shape index (κ3) is 9.51. The van der Waals surface area contributed by atoms with E-state index >= 15 is 0 Å². The van der Waals surface area contributed by atoms with Gasteiger partial charge in [0.25, 0.3) is 0 Å². The first-order chi connectivity index (χ1) is 6.66. The molecule has 14 heavy (non-hydrogen) atoms. The number of rotatable bonds is 8. The standard InChI is InChI=1S/C9H19NO3S/c1-2-3-4-5-6-7-8-9(11)10-14(12)13/h14H,2-8H2,1H3,(H,10,11,12,13). The first-order valence-corrected chi connectivity index (χ1v) is 6.28. The van der Waals surface area contributed by atoms with Crippen molar-refractivity contribution in [3.05, 3.63) is 0 Å². The summed E-state index contributed by atoms with van der Waals surface area (Å²) >= 11 is 0. The average molecular weight is 221 g/mol. The molecule has 4 nitrogen and oxygen atoms in total. The molecule has 0 aromatic rings. The molecule has 0 aliphatic rings. The third-order valence-corrected chi connectivity index (χ3v) is 2.41. The number of carbonyl (C=O) groups is 1. The Morgan fingerprint density at radius 1 is 1.07 bits per heavy atom. The van der Waals surface area contributed by atoms with Crippen LogP contribution in [0.15, 0.2) is 0 Å². The van der Waals surface area contributed by atoms with Crippen molar-refractivity contribution in [3.8, 4) is 0 Å². The van der Waals surface area contributed by atoms with Crippen molar-refractivity contribution < 1.29 is 13.2 Å². The van der Waals surface area contributed by atoms with Crippen LogP contribution in [0.5, 0.6) is 0 Å². The van der Waals surface area contributed by atoms with Crippen LogP contribution < -0.4 is 4.72 Å². The summed E-state index contributed by atoms with van der Waals surface area (Å²) in [6.07, 6.45) is 6.87. The van der Waals surface area contributed by atoms with E-state index in [1.54, 1.807) is 0 Å². The molecule has 0 radical (unpaired) electrons. The maximum absolute atomic E-state index is 10.8. The van der Waals surface area contributed by atoms with Gasteiger partial charge < -0.3 is 0 Å². The molecule has 1 amide bonds. The normalized spacial score (nSPS) is 10.4. The number of unbranched alkanes of at least 4 members (excludes halogenated alkanes) is 5. The lowest BCUT2D eigenvalue weighted by molar-refractivity contribution is -0.119. The Hall–Kier alpha value is -0.580. The van der Waals surface area contributed by atoms with Gasteiger partial charge in [0.2, 0.25) is 16.8 Å². The molecule has 0 bridgehead atoms. The fourth-order valence-electron chi connectivity index (χ4n) is 1.22. The van der Waals surface area contributed by atoms with Crippen LogP contribution in [-0.4, -0.2) is 14.3 Å². The number of amides is 1. The summed E-state index contributed by atoms with van der Waals surface area (Å²) in [6, 6.07) is 0. The van der Waals surface area contributed by atoms with Gasteiger partial charge in [-0.3, -0.25) is 9.52 Å². The molecule has 0 fully saturated rings. The maximum atomic E-state index is 10.8. The number of carbonyl (C=O) groups excluding carboxylic acids is 1. The summed E-state index contributed by atoms with van der Waals surface area (Å²) in [5.74, 6) is -0.392. The van der Waals surface area contributed by atoms with Gasteiger partial charge in [0.1, 0.15) is 0 Å². The van der Waals surface area contributed by atoms with Crippen molar-refractivity contribution in [1.82, 2.24) is 4.72 Å². The Labute approximate surface area is 87.2 Å². The zero-order valence-corrected chi connectivity index (χ0v) is 9.52. The van der Waals surface area contributed by atoms with E-state index in [1.807, 2.05) is 4.72 Å². The minimum atomic E-state index is -2.77. The van der Waals surface area contributed by atoms with Gasteiger partial charge in [-0.15, -0.1) is 0 Å². The molecule has 0 rings (SSSR count). The molecule has 0 spiro atoms. The minimum Gasteiger partial charge on any atom is -0.274 e. The molecule has 0 atom stereocenters. The molecule has 1 N–H and O–H groups in total. The summed E-state index contributed by atoms with van der Waals surface area (Å²) in [6.45, 7) is 2.15. The van der Waals surface area contributed by atoms with Gasteiger partial charge in [0, 0.05) is 6.42 Å². The topological polar surface area (TPSA) is 63.2 Å². The van der Waals surface area contributed by atoms with E-state index in [4.69, 9.17) is 0 Å². The molecular weight excluding hydrogens is 202 g/mol. The molecule has 0 unspecified atom stereocenters. The van der Waals surface area contributed by atoms with E-state index in [0.717, 1.165) is 19.3 Å². The minimum absolute atomic E-state index is 0.315. The van der Waals surface area contributed by atoms with Crippen LogP contribution in [0, 0.1) is 0 Å². The molecular formula is C9H19NO3S. The second-order valence-corrected chi connectivity index (χ2v) is 4.05. The van der Waals surface area contributed by atoms with Gasteiger partial charge in [0.15, 0.2) is 0 Å². The predicted molar refractivity (Wildman–Crippen MR) is 56.5 cm³/mol. The lowest BCUT2D eigenvalue weighted by Gasteiger charge is -1.99. The molecule has 84 valence electrons. The molecule has 0 aromatic heterocycles. The van der Waals surface area contributed by atoms with E-state index in [-0.39, 0.29) is 0 Å². The highest BCUT2D eigenvalue weighted by Crippen LogP contribution is 2.06. The second kappa shape index (κ2) is 8.99. The number of thiol groups is 1. The van der Waals surface area contributed by atoms with E-state index in [2.05, 4.69) is 6.92 Å². The smallest absolute Gasteiger partial charge is 0.233 e. The van der Waals surface area contributed by atoms with Crippen LogP contribution in [0.3, 0.4) is 0 Å². The second-order valence-electron chi connectivity index (χ2n) is 3.31. The molecule has 0 saturated carbocycles. The van der Waals surface area contributed by atoms with Gasteiger partial charge in [-0.1, -0.05) is 39.0 Å². The van der Waals surface area contributed by atoms with Gasteiger partial charge in [-0.05, 0) is 6.42 Å². The number of nitrogens with one attached hydrogen (secondary N) is 1. The first-order valence-electron chi connectivity index (χ1n) is 5.10. The van der Waals surface area contributed by atoms with Crippen molar-refractivity contribution in [2.45, 2.75) is 51.9 Å². The van der Waals surface area contributed by atoms with E-state index in [9.17, 15) is 13.2 Å². The Bertz CT molecular complexity index is 218. The summed E-state index contributed by atoms with van der Waals surface area (Å²) in [5, 5.41) is 0. The Morgan fingerprint density at radius 3 is 2.21 bits per heavy atom. The van der Waals surface area contributed by atoms with E-state index < -0.39 is 16.8 Å². The quantitative estimate of drug-likeness (QED) is 0.481. The molecule has 5 heteroatoms. The molecule has 0 heterocycles. The van der Waals surface area contributed by atoms with Gasteiger partial charge in [-0.2, -0.15) is 0 Å². The van der Waals surface area contributed by atoms with Crippen LogP contribution >= 0.6 is 0 Å². The summed E-state index contributed by atoms with van der Waals surface area (Å²) in [5.41, 5.74) is 0. The van der Waals surface area contributed by atoms with Crippen molar-refractivity contribution in [2.75, 3.05) is 0 Å². The number of hydrogen-bond acceptors (Lipinski definition) is 3. The lowest BCUT2D eigenvalue weighted by Crippen LogP contribution is -2.20. The highest BCUT2D eigenvalue weighted by molar-refractivity contribution is 7.71. The zero-order valence-electron chi connectivity index (χ0n) is 8.62. The van der Waals surface area contributed by atoms with Crippen molar-refractivity contribution >= 4 is 16.8 Å². The van der Waals surface area contributed by atoms with E-state index in [0.29, 0.717) is 6.42 Å². The van der Waals surface area contributed by atoms with Crippen molar-refractivity contribution in [2.24, 2.45) is 0 Å². The van der Waals surface area contributed by atoms with Crippen LogP contribution in [-0.2, 0) is 15.7 Å². The third-order valence-electron chi connectivity index (χ3n) is 1.97. The van der Waals surface area contributed by atoms with Crippen molar-refractivity contribution in [3.63, 3.8) is 0 Å². The summed E-state index contributed by atoms with van der Waals surface area (Å²) in [4.78, 5) is 10.8. The van der Waals surface area contributed by atoms with Gasteiger partial charge >= 0.3 is 0 Å². The van der Waals surface area contributed by atoms with Gasteiger partial charge in [-0.25, -0.2) is 8.42 Å². The maximum Gasteiger partial charge on any atom is 0.233 e. The van der Waals surface area contributed by atoms with Crippen LogP contribution in [0.2, 0.25) is 0 Å². The summed E-state index contributed by atoms with van der Waals surface area (Å²) in [7, 11) is -2.77. The molecule has 0 saturated heterocycles. The molecule has 0 aromatic carbocycles. The van der Waals surface area contributed by atoms with Crippen LogP contribution in [0.1, 0.15) is 51.9 Å². The zero-order chi connectivity index (χ0) is 10.8. The largest absolute Gasteiger partial charge is 0.274 e. The molecule has 0 aliphatic heterocycles. The first kappa shape index (κ1) is 13.4. The monoisotopic (exact) mass is 221 g/mol. The van der Waals surface area contributed by atoms with E-state index in [1.165, 1.54) is 19.3 Å². The predicted octanol–water partition coefficient (Wildman–Crippen LogP) is 1.38. The summed E-state index contributed by atoms with van der Waals surface area (Å²) < 4.78 is 22.0. The van der Waals surface area contributed by atoms with Crippen LogP contribution in [0.25, 0.3) is 0 Å². The molecule has 0 aliphatic carbocycles. The van der Waals surface area contributed by atoms with Crippen molar-refractivity contribution in [1.29, 1.82) is 0 Å².